The Balaban J connectivity index is 2.87. The maximum Gasteiger partial charge on any atom is 0.321 e. The van der Waals surface area contributed by atoms with Crippen LogP contribution in [0.4, 0.5) is 0 Å². The van der Waals surface area contributed by atoms with Crippen LogP contribution in [0.3, 0.4) is 0 Å². The van der Waals surface area contributed by atoms with Crippen molar-refractivity contribution in [3.8, 4) is 0 Å². The van der Waals surface area contributed by atoms with Gasteiger partial charge >= 0.3 is 5.97 Å². The van der Waals surface area contributed by atoms with Gasteiger partial charge in [0.15, 0.2) is 0 Å². The summed E-state index contributed by atoms with van der Waals surface area (Å²) in [4.78, 5) is 11.6. The molecule has 6 nitrogen and oxygen atoms in total. The lowest BCUT2D eigenvalue weighted by molar-refractivity contribution is -0.143. The molecule has 1 heterocycles. The fourth-order valence-electron chi connectivity index (χ4n) is 2.30. The average molecular weight is 304 g/mol. The number of ether oxygens (including phenoxy) is 1. The second kappa shape index (κ2) is 7.75. The lowest BCUT2D eigenvalue weighted by Crippen LogP contribution is -2.51. The zero-order valence-electron chi connectivity index (χ0n) is 12.2. The Morgan fingerprint density at radius 1 is 1.50 bits per heavy atom. The van der Waals surface area contributed by atoms with Crippen molar-refractivity contribution in [2.45, 2.75) is 39.2 Å². The maximum atomic E-state index is 12.6. The molecule has 20 heavy (non-hydrogen) atoms. The van der Waals surface area contributed by atoms with Gasteiger partial charge in [-0.25, -0.2) is 0 Å². The minimum absolute atomic E-state index is 0.0386. The monoisotopic (exact) mass is 304 g/mol. The normalized spacial score (nSPS) is 20.9. The lowest BCUT2D eigenvalue weighted by Gasteiger charge is -2.35. The molecule has 1 aliphatic heterocycles. The third kappa shape index (κ3) is 4.29. The highest BCUT2D eigenvalue weighted by molar-refractivity contribution is 7.86. The number of piperidine rings is 1. The summed E-state index contributed by atoms with van der Waals surface area (Å²) < 4.78 is 32.7. The van der Waals surface area contributed by atoms with E-state index in [-0.39, 0.29) is 25.7 Å². The quantitative estimate of drug-likeness (QED) is 0.523. The Labute approximate surface area is 121 Å². The van der Waals surface area contributed by atoms with Crippen LogP contribution in [-0.2, 0) is 19.7 Å². The van der Waals surface area contributed by atoms with E-state index in [2.05, 4.69) is 6.58 Å². The highest BCUT2D eigenvalue weighted by Crippen LogP contribution is 2.22. The molecule has 1 atom stereocenters. The van der Waals surface area contributed by atoms with Gasteiger partial charge < -0.3 is 4.74 Å². The summed E-state index contributed by atoms with van der Waals surface area (Å²) in [5.74, 6) is -0.539. The molecule has 1 unspecified atom stereocenters. The first kappa shape index (κ1) is 17.1. The van der Waals surface area contributed by atoms with E-state index >= 15 is 0 Å². The van der Waals surface area contributed by atoms with Gasteiger partial charge in [0.1, 0.15) is 6.54 Å². The summed E-state index contributed by atoms with van der Waals surface area (Å²) >= 11 is 0. The molecular weight excluding hydrogens is 280 g/mol. The standard InChI is InChI=1S/C13H24N2O4S/c1-4-9-14(11-13(16)19-5-2)20(17,18)15-10-7-6-8-12(15)3/h4,12H,1,5-11H2,2-3H3. The van der Waals surface area contributed by atoms with Crippen molar-refractivity contribution in [1.82, 2.24) is 8.61 Å². The molecule has 1 saturated heterocycles. The second-order valence-electron chi connectivity index (χ2n) is 4.85. The van der Waals surface area contributed by atoms with Crippen LogP contribution in [0.1, 0.15) is 33.1 Å². The molecule has 0 amide bonds. The van der Waals surface area contributed by atoms with Crippen LogP contribution in [0.5, 0.6) is 0 Å². The molecule has 0 saturated carbocycles. The van der Waals surface area contributed by atoms with Gasteiger partial charge in [0.05, 0.1) is 6.61 Å². The first-order chi connectivity index (χ1) is 9.43. The number of esters is 1. The van der Waals surface area contributed by atoms with Gasteiger partial charge in [-0.15, -0.1) is 6.58 Å². The van der Waals surface area contributed by atoms with Crippen LogP contribution >= 0.6 is 0 Å². The second-order valence-corrected chi connectivity index (χ2v) is 6.73. The van der Waals surface area contributed by atoms with Crippen molar-refractivity contribution in [3.05, 3.63) is 12.7 Å². The number of carbonyl (C=O) groups is 1. The van der Waals surface area contributed by atoms with Gasteiger partial charge in [0.25, 0.3) is 10.2 Å². The van der Waals surface area contributed by atoms with E-state index < -0.39 is 16.2 Å². The van der Waals surface area contributed by atoms with E-state index in [4.69, 9.17) is 4.74 Å². The number of hydrogen-bond donors (Lipinski definition) is 0. The minimum atomic E-state index is -3.65. The number of nitrogens with zero attached hydrogens (tertiary/aromatic N) is 2. The summed E-state index contributed by atoms with van der Waals surface area (Å²) in [7, 11) is -3.65. The Bertz CT molecular complexity index is 436. The fourth-order valence-corrected chi connectivity index (χ4v) is 4.08. The van der Waals surface area contributed by atoms with Crippen molar-refractivity contribution in [2.24, 2.45) is 0 Å². The van der Waals surface area contributed by atoms with E-state index in [0.29, 0.717) is 6.54 Å². The van der Waals surface area contributed by atoms with E-state index in [0.717, 1.165) is 23.6 Å². The highest BCUT2D eigenvalue weighted by atomic mass is 32.2. The molecule has 1 rings (SSSR count). The summed E-state index contributed by atoms with van der Waals surface area (Å²) in [5.41, 5.74) is 0. The van der Waals surface area contributed by atoms with Crippen molar-refractivity contribution < 1.29 is 17.9 Å². The Morgan fingerprint density at radius 3 is 2.75 bits per heavy atom. The molecule has 0 aromatic heterocycles. The van der Waals surface area contributed by atoms with Crippen LogP contribution in [0, 0.1) is 0 Å². The Kier molecular flexibility index (Phi) is 6.64. The molecule has 1 aliphatic rings. The first-order valence-electron chi connectivity index (χ1n) is 6.97. The van der Waals surface area contributed by atoms with E-state index in [1.54, 1.807) is 6.92 Å². The fraction of sp³-hybridized carbons (Fsp3) is 0.769. The molecule has 0 N–H and O–H groups in total. The van der Waals surface area contributed by atoms with Crippen LogP contribution in [0.2, 0.25) is 0 Å². The van der Waals surface area contributed by atoms with Crippen molar-refractivity contribution in [3.63, 3.8) is 0 Å². The Hall–Kier alpha value is -0.920. The van der Waals surface area contributed by atoms with Crippen LogP contribution < -0.4 is 0 Å². The minimum Gasteiger partial charge on any atom is -0.465 e. The summed E-state index contributed by atoms with van der Waals surface area (Å²) in [6.07, 6.45) is 4.21. The van der Waals surface area contributed by atoms with E-state index in [9.17, 15) is 13.2 Å². The van der Waals surface area contributed by atoms with Crippen molar-refractivity contribution in [1.29, 1.82) is 0 Å². The molecule has 7 heteroatoms. The zero-order valence-corrected chi connectivity index (χ0v) is 13.1. The molecule has 0 spiro atoms. The predicted octanol–water partition coefficient (Wildman–Crippen LogP) is 1.16. The van der Waals surface area contributed by atoms with Gasteiger partial charge in [0, 0.05) is 19.1 Å². The molecule has 1 fully saturated rings. The van der Waals surface area contributed by atoms with Crippen LogP contribution in [0.25, 0.3) is 0 Å². The largest absolute Gasteiger partial charge is 0.465 e. The summed E-state index contributed by atoms with van der Waals surface area (Å²) in [5, 5.41) is 0. The third-order valence-electron chi connectivity index (χ3n) is 3.31. The van der Waals surface area contributed by atoms with Gasteiger partial charge in [-0.1, -0.05) is 12.5 Å². The summed E-state index contributed by atoms with van der Waals surface area (Å²) in [6.45, 7) is 7.71. The van der Waals surface area contributed by atoms with Crippen molar-refractivity contribution >= 4 is 16.2 Å². The molecule has 0 aliphatic carbocycles. The first-order valence-corrected chi connectivity index (χ1v) is 8.36. The molecular formula is C13H24N2O4S. The number of hydrogen-bond acceptors (Lipinski definition) is 4. The van der Waals surface area contributed by atoms with Gasteiger partial charge in [-0.2, -0.15) is 17.0 Å². The zero-order chi connectivity index (χ0) is 15.2. The smallest absolute Gasteiger partial charge is 0.321 e. The Morgan fingerprint density at radius 2 is 2.20 bits per heavy atom. The average Bonchev–Trinajstić information content (AvgIpc) is 2.38. The molecule has 116 valence electrons. The number of carbonyl (C=O) groups excluding carboxylic acids is 1. The highest BCUT2D eigenvalue weighted by Gasteiger charge is 2.35. The van der Waals surface area contributed by atoms with E-state index in [1.165, 1.54) is 10.4 Å². The van der Waals surface area contributed by atoms with Crippen LogP contribution in [0.15, 0.2) is 12.7 Å². The van der Waals surface area contributed by atoms with Crippen molar-refractivity contribution in [2.75, 3.05) is 26.2 Å². The van der Waals surface area contributed by atoms with Gasteiger partial charge in [-0.3, -0.25) is 4.79 Å². The summed E-state index contributed by atoms with van der Waals surface area (Å²) in [6, 6.07) is -0.0386. The van der Waals surface area contributed by atoms with Gasteiger partial charge in [-0.05, 0) is 26.7 Å². The lowest BCUT2D eigenvalue weighted by atomic mass is 10.1. The topological polar surface area (TPSA) is 66.9 Å². The van der Waals surface area contributed by atoms with Gasteiger partial charge in [0.2, 0.25) is 0 Å². The third-order valence-corrected chi connectivity index (χ3v) is 5.37. The van der Waals surface area contributed by atoms with Crippen LogP contribution in [-0.4, -0.2) is 55.3 Å². The SMILES string of the molecule is C=CCN(CC(=O)OCC)S(=O)(=O)N1CCCCC1C. The maximum absolute atomic E-state index is 12.6. The number of rotatable bonds is 7. The predicted molar refractivity (Wildman–Crippen MR) is 77.3 cm³/mol. The van der Waals surface area contributed by atoms with E-state index in [1.807, 2.05) is 6.92 Å². The molecule has 0 bridgehead atoms. The molecule has 0 radical (unpaired) electrons. The molecule has 0 aromatic carbocycles. The molecule has 0 aromatic rings.